The van der Waals surface area contributed by atoms with Gasteiger partial charge in [-0.05, 0) is 18.2 Å². The van der Waals surface area contributed by atoms with Crippen molar-refractivity contribution in [2.75, 3.05) is 14.2 Å². The van der Waals surface area contributed by atoms with E-state index in [0.717, 1.165) is 32.4 Å². The minimum absolute atomic E-state index is 0.103. The largest absolute Gasteiger partial charge is 0.465 e. The molecule has 0 saturated carbocycles. The van der Waals surface area contributed by atoms with Crippen LogP contribution in [-0.2, 0) is 18.5 Å². The third-order valence-corrected chi connectivity index (χ3v) is 3.43. The Morgan fingerprint density at radius 3 is 2.00 bits per heavy atom. The lowest BCUT2D eigenvalue weighted by Gasteiger charge is -2.07. The number of rotatable bonds is 3. The SMILES string of the molecule is COC(=O)c1ccc(S(=O)(=O)Cl)cc1C(=O)OC. The Morgan fingerprint density at radius 2 is 1.56 bits per heavy atom. The zero-order valence-corrected chi connectivity index (χ0v) is 11.0. The summed E-state index contributed by atoms with van der Waals surface area (Å²) in [4.78, 5) is 22.6. The third-order valence-electron chi connectivity index (χ3n) is 2.08. The Balaban J connectivity index is 3.48. The molecule has 1 aromatic carbocycles. The van der Waals surface area contributed by atoms with Crippen molar-refractivity contribution in [3.8, 4) is 0 Å². The fraction of sp³-hybridized carbons (Fsp3) is 0.200. The first-order valence-electron chi connectivity index (χ1n) is 4.56. The minimum atomic E-state index is -4.00. The predicted octanol–water partition coefficient (Wildman–Crippen LogP) is 1.19. The van der Waals surface area contributed by atoms with Crippen LogP contribution in [0.25, 0.3) is 0 Å². The first-order chi connectivity index (χ1) is 8.31. The lowest BCUT2D eigenvalue weighted by molar-refractivity contribution is 0.0555. The topological polar surface area (TPSA) is 86.7 Å². The molecule has 0 radical (unpaired) electrons. The molecule has 1 aromatic rings. The van der Waals surface area contributed by atoms with Gasteiger partial charge >= 0.3 is 11.9 Å². The van der Waals surface area contributed by atoms with Gasteiger partial charge in [0.05, 0.1) is 30.2 Å². The summed E-state index contributed by atoms with van der Waals surface area (Å²) in [6.45, 7) is 0. The number of esters is 2. The van der Waals surface area contributed by atoms with Crippen molar-refractivity contribution in [2.45, 2.75) is 4.90 Å². The average molecular weight is 293 g/mol. The summed E-state index contributed by atoms with van der Waals surface area (Å²) in [5.41, 5.74) is -0.334. The monoisotopic (exact) mass is 292 g/mol. The Morgan fingerprint density at radius 1 is 1.06 bits per heavy atom. The van der Waals surface area contributed by atoms with Gasteiger partial charge in [-0.15, -0.1) is 0 Å². The first-order valence-corrected chi connectivity index (χ1v) is 6.87. The number of hydrogen-bond donors (Lipinski definition) is 0. The van der Waals surface area contributed by atoms with Gasteiger partial charge in [0, 0.05) is 10.7 Å². The lowest BCUT2D eigenvalue weighted by atomic mass is 10.1. The van der Waals surface area contributed by atoms with Crippen molar-refractivity contribution in [3.63, 3.8) is 0 Å². The maximum Gasteiger partial charge on any atom is 0.338 e. The molecule has 0 aliphatic carbocycles. The number of carbonyl (C=O) groups is 2. The highest BCUT2D eigenvalue weighted by Crippen LogP contribution is 2.20. The quantitative estimate of drug-likeness (QED) is 0.614. The van der Waals surface area contributed by atoms with Gasteiger partial charge in [-0.25, -0.2) is 18.0 Å². The summed E-state index contributed by atoms with van der Waals surface area (Å²) in [6.07, 6.45) is 0. The van der Waals surface area contributed by atoms with E-state index in [-0.39, 0.29) is 16.0 Å². The highest BCUT2D eigenvalue weighted by Gasteiger charge is 2.21. The van der Waals surface area contributed by atoms with Crippen molar-refractivity contribution < 1.29 is 27.5 Å². The number of halogens is 1. The van der Waals surface area contributed by atoms with E-state index in [1.807, 2.05) is 0 Å². The van der Waals surface area contributed by atoms with Crippen molar-refractivity contribution in [1.82, 2.24) is 0 Å². The van der Waals surface area contributed by atoms with Crippen LogP contribution in [0.3, 0.4) is 0 Å². The molecular formula is C10H9ClO6S. The smallest absolute Gasteiger partial charge is 0.338 e. The normalized spacial score (nSPS) is 10.8. The fourth-order valence-corrected chi connectivity index (χ4v) is 2.02. The molecular weight excluding hydrogens is 284 g/mol. The maximum atomic E-state index is 11.5. The average Bonchev–Trinajstić information content (AvgIpc) is 2.35. The van der Waals surface area contributed by atoms with Crippen LogP contribution in [0.2, 0.25) is 0 Å². The second kappa shape index (κ2) is 5.36. The summed E-state index contributed by atoms with van der Waals surface area (Å²) < 4.78 is 31.2. The van der Waals surface area contributed by atoms with Crippen molar-refractivity contribution in [1.29, 1.82) is 0 Å². The zero-order chi connectivity index (χ0) is 13.9. The molecule has 0 aliphatic rings. The summed E-state index contributed by atoms with van der Waals surface area (Å²) in [5, 5.41) is 0. The molecule has 1 rings (SSSR count). The predicted molar refractivity (Wildman–Crippen MR) is 62.2 cm³/mol. The van der Waals surface area contributed by atoms with Gasteiger partial charge in [-0.1, -0.05) is 0 Å². The minimum Gasteiger partial charge on any atom is -0.465 e. The van der Waals surface area contributed by atoms with Gasteiger partial charge in [-0.2, -0.15) is 0 Å². The molecule has 0 heterocycles. The molecule has 0 amide bonds. The summed E-state index contributed by atoms with van der Waals surface area (Å²) in [6, 6.07) is 3.19. The number of benzene rings is 1. The Kier molecular flexibility index (Phi) is 4.31. The summed E-state index contributed by atoms with van der Waals surface area (Å²) in [7, 11) is 3.38. The summed E-state index contributed by atoms with van der Waals surface area (Å²) >= 11 is 0. The molecule has 0 bridgehead atoms. The molecule has 0 unspecified atom stereocenters. The Labute approximate surface area is 108 Å². The van der Waals surface area contributed by atoms with Crippen LogP contribution < -0.4 is 0 Å². The number of methoxy groups -OCH3 is 2. The van der Waals surface area contributed by atoms with E-state index >= 15 is 0 Å². The lowest BCUT2D eigenvalue weighted by Crippen LogP contribution is -2.12. The van der Waals surface area contributed by atoms with E-state index in [0.29, 0.717) is 0 Å². The van der Waals surface area contributed by atoms with Crippen LogP contribution >= 0.6 is 10.7 Å². The van der Waals surface area contributed by atoms with Gasteiger partial charge in [0.25, 0.3) is 9.05 Å². The van der Waals surface area contributed by atoms with Crippen LogP contribution in [-0.4, -0.2) is 34.6 Å². The second-order valence-electron chi connectivity index (χ2n) is 3.13. The molecule has 0 atom stereocenters. The molecule has 6 nitrogen and oxygen atoms in total. The van der Waals surface area contributed by atoms with Crippen LogP contribution in [0.1, 0.15) is 20.7 Å². The van der Waals surface area contributed by atoms with Crippen molar-refractivity contribution >= 4 is 31.7 Å². The van der Waals surface area contributed by atoms with Gasteiger partial charge in [0.1, 0.15) is 0 Å². The molecule has 8 heteroatoms. The van der Waals surface area contributed by atoms with Crippen LogP contribution in [0, 0.1) is 0 Å². The van der Waals surface area contributed by atoms with Crippen LogP contribution in [0.4, 0.5) is 0 Å². The van der Waals surface area contributed by atoms with E-state index in [1.165, 1.54) is 0 Å². The molecule has 98 valence electrons. The van der Waals surface area contributed by atoms with Crippen molar-refractivity contribution in [3.05, 3.63) is 29.3 Å². The van der Waals surface area contributed by atoms with E-state index in [2.05, 4.69) is 9.47 Å². The molecule has 0 saturated heterocycles. The number of carbonyl (C=O) groups excluding carboxylic acids is 2. The second-order valence-corrected chi connectivity index (χ2v) is 5.69. The van der Waals surface area contributed by atoms with E-state index in [4.69, 9.17) is 10.7 Å². The molecule has 0 aromatic heterocycles. The van der Waals surface area contributed by atoms with E-state index in [9.17, 15) is 18.0 Å². The maximum absolute atomic E-state index is 11.5. The van der Waals surface area contributed by atoms with E-state index < -0.39 is 21.0 Å². The standard InChI is InChI=1S/C10H9ClO6S/c1-16-9(12)7-4-3-6(18(11,14)15)5-8(7)10(13)17-2/h3-5H,1-2H3. The van der Waals surface area contributed by atoms with Gasteiger partial charge in [0.2, 0.25) is 0 Å². The number of hydrogen-bond acceptors (Lipinski definition) is 6. The number of ether oxygens (including phenoxy) is 2. The first kappa shape index (κ1) is 14.5. The highest BCUT2D eigenvalue weighted by molar-refractivity contribution is 8.13. The van der Waals surface area contributed by atoms with Gasteiger partial charge < -0.3 is 9.47 Å². The highest BCUT2D eigenvalue weighted by atomic mass is 35.7. The Hall–Kier alpha value is -1.60. The molecule has 18 heavy (non-hydrogen) atoms. The van der Waals surface area contributed by atoms with Crippen molar-refractivity contribution in [2.24, 2.45) is 0 Å². The molecule has 0 fully saturated rings. The molecule has 0 aliphatic heterocycles. The summed E-state index contributed by atoms with van der Waals surface area (Å²) in [5.74, 6) is -1.65. The fourth-order valence-electron chi connectivity index (χ4n) is 1.24. The Bertz CT molecular complexity index is 592. The van der Waals surface area contributed by atoms with E-state index in [1.54, 1.807) is 0 Å². The van der Waals surface area contributed by atoms with Gasteiger partial charge in [-0.3, -0.25) is 0 Å². The third kappa shape index (κ3) is 2.99. The van der Waals surface area contributed by atoms with Crippen LogP contribution in [0.15, 0.2) is 23.1 Å². The van der Waals surface area contributed by atoms with Gasteiger partial charge in [0.15, 0.2) is 0 Å². The van der Waals surface area contributed by atoms with Crippen LogP contribution in [0.5, 0.6) is 0 Å². The molecule has 0 spiro atoms. The molecule has 0 N–H and O–H groups in total. The zero-order valence-electron chi connectivity index (χ0n) is 9.47.